The Morgan fingerprint density at radius 3 is 2.50 bits per heavy atom. The van der Waals surface area contributed by atoms with Gasteiger partial charge in [0, 0.05) is 24.3 Å². The number of hydrogen-bond donors (Lipinski definition) is 2. The number of aliphatic hydroxyl groups excluding tert-OH is 1. The summed E-state index contributed by atoms with van der Waals surface area (Å²) < 4.78 is 0. The first-order valence-electron chi connectivity index (χ1n) is 6.19. The smallest absolute Gasteiger partial charge is 0.239 e. The van der Waals surface area contributed by atoms with Gasteiger partial charge in [0.2, 0.25) is 5.91 Å². The van der Waals surface area contributed by atoms with Crippen molar-refractivity contribution >= 4 is 11.6 Å². The molecule has 0 aromatic heterocycles. The van der Waals surface area contributed by atoms with E-state index in [1.54, 1.807) is 6.92 Å². The van der Waals surface area contributed by atoms with Crippen LogP contribution in [0, 0.1) is 0 Å². The zero-order valence-corrected chi connectivity index (χ0v) is 11.5. The fourth-order valence-corrected chi connectivity index (χ4v) is 1.86. The van der Waals surface area contributed by atoms with Gasteiger partial charge < -0.3 is 15.3 Å². The highest BCUT2D eigenvalue weighted by molar-refractivity contribution is 5.81. The van der Waals surface area contributed by atoms with Crippen LogP contribution in [0.2, 0.25) is 0 Å². The molecule has 1 aromatic carbocycles. The molecule has 0 saturated carbocycles. The number of amides is 1. The molecule has 0 aliphatic rings. The van der Waals surface area contributed by atoms with E-state index in [9.17, 15) is 9.90 Å². The Kier molecular flexibility index (Phi) is 5.16. The van der Waals surface area contributed by atoms with Crippen molar-refractivity contribution in [2.75, 3.05) is 18.5 Å². The molecule has 100 valence electrons. The van der Waals surface area contributed by atoms with Gasteiger partial charge in [-0.2, -0.15) is 0 Å². The second kappa shape index (κ2) is 6.40. The number of carbonyl (C=O) groups is 1. The summed E-state index contributed by atoms with van der Waals surface area (Å²) in [6.07, 6.45) is -0.545. The minimum atomic E-state index is -0.545. The van der Waals surface area contributed by atoms with Gasteiger partial charge in [-0.05, 0) is 26.8 Å². The molecule has 1 amide bonds. The Morgan fingerprint density at radius 1 is 1.33 bits per heavy atom. The maximum atomic E-state index is 11.7. The second-order valence-electron chi connectivity index (χ2n) is 4.81. The summed E-state index contributed by atoms with van der Waals surface area (Å²) in [5.41, 5.74) is 1.71. The molecule has 0 radical (unpaired) electrons. The van der Waals surface area contributed by atoms with E-state index in [1.165, 1.54) is 0 Å². The number of para-hydroxylation sites is 1. The Bertz CT molecular complexity index is 403. The summed E-state index contributed by atoms with van der Waals surface area (Å²) in [6.45, 7) is 5.87. The summed E-state index contributed by atoms with van der Waals surface area (Å²) in [6, 6.07) is 7.70. The third-order valence-electron chi connectivity index (χ3n) is 2.63. The van der Waals surface area contributed by atoms with Crippen LogP contribution in [-0.2, 0) is 4.79 Å². The van der Waals surface area contributed by atoms with Gasteiger partial charge in [0.05, 0.1) is 12.6 Å². The SMILES string of the molecule is CC(C)NC(=O)CN(C)c1ccccc1C(C)O. The minimum absolute atomic E-state index is 0.0205. The van der Waals surface area contributed by atoms with E-state index in [0.29, 0.717) is 0 Å². The van der Waals surface area contributed by atoms with Crippen molar-refractivity contribution in [3.63, 3.8) is 0 Å². The van der Waals surface area contributed by atoms with Crippen molar-refractivity contribution in [2.45, 2.75) is 32.9 Å². The molecule has 4 nitrogen and oxygen atoms in total. The quantitative estimate of drug-likeness (QED) is 0.836. The molecule has 1 rings (SSSR count). The first-order chi connectivity index (χ1) is 8.41. The summed E-state index contributed by atoms with van der Waals surface area (Å²) in [4.78, 5) is 13.6. The van der Waals surface area contributed by atoms with Crippen molar-refractivity contribution in [2.24, 2.45) is 0 Å². The zero-order chi connectivity index (χ0) is 13.7. The second-order valence-corrected chi connectivity index (χ2v) is 4.81. The summed E-state index contributed by atoms with van der Waals surface area (Å²) in [5, 5.41) is 12.6. The molecule has 2 N–H and O–H groups in total. The number of rotatable bonds is 5. The lowest BCUT2D eigenvalue weighted by Gasteiger charge is -2.23. The minimum Gasteiger partial charge on any atom is -0.389 e. The fraction of sp³-hybridized carbons (Fsp3) is 0.500. The van der Waals surface area contributed by atoms with E-state index in [4.69, 9.17) is 0 Å². The van der Waals surface area contributed by atoms with E-state index >= 15 is 0 Å². The van der Waals surface area contributed by atoms with Crippen LogP contribution in [0.4, 0.5) is 5.69 Å². The van der Waals surface area contributed by atoms with Gasteiger partial charge >= 0.3 is 0 Å². The normalized spacial score (nSPS) is 12.3. The average Bonchev–Trinajstić information content (AvgIpc) is 2.27. The topological polar surface area (TPSA) is 52.6 Å². The maximum Gasteiger partial charge on any atom is 0.239 e. The monoisotopic (exact) mass is 250 g/mol. The van der Waals surface area contributed by atoms with E-state index in [2.05, 4.69) is 5.32 Å². The van der Waals surface area contributed by atoms with Gasteiger partial charge in [0.15, 0.2) is 0 Å². The van der Waals surface area contributed by atoms with Crippen LogP contribution in [0.1, 0.15) is 32.4 Å². The van der Waals surface area contributed by atoms with Gasteiger partial charge in [-0.1, -0.05) is 18.2 Å². The predicted molar refractivity (Wildman–Crippen MR) is 73.6 cm³/mol. The molecule has 1 unspecified atom stereocenters. The van der Waals surface area contributed by atoms with Gasteiger partial charge in [0.1, 0.15) is 0 Å². The lowest BCUT2D eigenvalue weighted by molar-refractivity contribution is -0.120. The largest absolute Gasteiger partial charge is 0.389 e. The third kappa shape index (κ3) is 4.04. The molecule has 0 fully saturated rings. The van der Waals surface area contributed by atoms with Crippen molar-refractivity contribution in [3.05, 3.63) is 29.8 Å². The Labute approximate surface area is 109 Å². The molecule has 0 aliphatic carbocycles. The predicted octanol–water partition coefficient (Wildman–Crippen LogP) is 1.70. The lowest BCUT2D eigenvalue weighted by Crippen LogP contribution is -2.38. The van der Waals surface area contributed by atoms with E-state index in [1.807, 2.05) is 50.1 Å². The lowest BCUT2D eigenvalue weighted by atomic mass is 10.1. The molecule has 4 heteroatoms. The van der Waals surface area contributed by atoms with E-state index < -0.39 is 6.10 Å². The van der Waals surface area contributed by atoms with Crippen molar-refractivity contribution in [3.8, 4) is 0 Å². The maximum absolute atomic E-state index is 11.7. The Morgan fingerprint density at radius 2 is 1.94 bits per heavy atom. The molecule has 0 saturated heterocycles. The highest BCUT2D eigenvalue weighted by Crippen LogP contribution is 2.24. The zero-order valence-electron chi connectivity index (χ0n) is 11.5. The molecule has 1 aromatic rings. The number of benzene rings is 1. The summed E-state index contributed by atoms with van der Waals surface area (Å²) in [5.74, 6) is -0.0205. The Hall–Kier alpha value is -1.55. The standard InChI is InChI=1S/C14H22N2O2/c1-10(2)15-14(18)9-16(4)13-8-6-5-7-12(13)11(3)17/h5-8,10-11,17H,9H2,1-4H3,(H,15,18). The van der Waals surface area contributed by atoms with E-state index in [0.717, 1.165) is 11.3 Å². The van der Waals surface area contributed by atoms with Gasteiger partial charge in [-0.25, -0.2) is 0 Å². The average molecular weight is 250 g/mol. The molecule has 0 bridgehead atoms. The van der Waals surface area contributed by atoms with Gasteiger partial charge in [-0.15, -0.1) is 0 Å². The first-order valence-corrected chi connectivity index (χ1v) is 6.19. The fourth-order valence-electron chi connectivity index (χ4n) is 1.86. The van der Waals surface area contributed by atoms with Crippen LogP contribution in [0.5, 0.6) is 0 Å². The van der Waals surface area contributed by atoms with Crippen LogP contribution in [-0.4, -0.2) is 30.6 Å². The van der Waals surface area contributed by atoms with Crippen LogP contribution >= 0.6 is 0 Å². The summed E-state index contributed by atoms with van der Waals surface area (Å²) in [7, 11) is 1.85. The number of aliphatic hydroxyl groups is 1. The molecule has 0 spiro atoms. The number of anilines is 1. The van der Waals surface area contributed by atoms with E-state index in [-0.39, 0.29) is 18.5 Å². The number of nitrogens with zero attached hydrogens (tertiary/aromatic N) is 1. The highest BCUT2D eigenvalue weighted by Gasteiger charge is 2.13. The van der Waals surface area contributed by atoms with Crippen LogP contribution in [0.25, 0.3) is 0 Å². The molecule has 0 heterocycles. The van der Waals surface area contributed by atoms with Crippen LogP contribution in [0.15, 0.2) is 24.3 Å². The molecular weight excluding hydrogens is 228 g/mol. The van der Waals surface area contributed by atoms with Gasteiger partial charge in [-0.3, -0.25) is 4.79 Å². The summed E-state index contributed by atoms with van der Waals surface area (Å²) >= 11 is 0. The number of likely N-dealkylation sites (N-methyl/N-ethyl adjacent to an activating group) is 1. The van der Waals surface area contributed by atoms with Crippen molar-refractivity contribution in [1.82, 2.24) is 5.32 Å². The number of hydrogen-bond acceptors (Lipinski definition) is 3. The van der Waals surface area contributed by atoms with Crippen molar-refractivity contribution in [1.29, 1.82) is 0 Å². The number of nitrogens with one attached hydrogen (secondary N) is 1. The van der Waals surface area contributed by atoms with Gasteiger partial charge in [0.25, 0.3) is 0 Å². The van der Waals surface area contributed by atoms with Crippen LogP contribution < -0.4 is 10.2 Å². The molecule has 1 atom stereocenters. The Balaban J connectivity index is 2.78. The number of carbonyl (C=O) groups excluding carboxylic acids is 1. The van der Waals surface area contributed by atoms with Crippen LogP contribution in [0.3, 0.4) is 0 Å². The molecule has 0 aliphatic heterocycles. The van der Waals surface area contributed by atoms with Crippen molar-refractivity contribution < 1.29 is 9.90 Å². The first kappa shape index (κ1) is 14.5. The third-order valence-corrected chi connectivity index (χ3v) is 2.63. The molecule has 18 heavy (non-hydrogen) atoms. The molecular formula is C14H22N2O2. The highest BCUT2D eigenvalue weighted by atomic mass is 16.3.